The number of ketones is 1. The van der Waals surface area contributed by atoms with Crippen LogP contribution in [0.3, 0.4) is 0 Å². The monoisotopic (exact) mass is 459 g/mol. The van der Waals surface area contributed by atoms with Crippen LogP contribution in [-0.4, -0.2) is 31.5 Å². The standard InChI is InChI=1S/C24H17N3O7/c28-22(16-9-11-18(12-10-16)26(31)32)20-21(17-7-4-8-19(13-17)27(33)34)25(24(30)23(20)29)14-15-5-2-1-3-6-15/h1-13,21,28H,14H2. The summed E-state index contributed by atoms with van der Waals surface area (Å²) in [5, 5.41) is 33.3. The van der Waals surface area contributed by atoms with Crippen molar-refractivity contribution < 1.29 is 24.5 Å². The van der Waals surface area contributed by atoms with E-state index in [9.17, 15) is 34.9 Å². The smallest absolute Gasteiger partial charge is 0.295 e. The van der Waals surface area contributed by atoms with Crippen LogP contribution in [0.15, 0.2) is 84.4 Å². The Morgan fingerprint density at radius 1 is 0.853 bits per heavy atom. The number of rotatable bonds is 6. The first-order valence-electron chi connectivity index (χ1n) is 10.1. The first-order chi connectivity index (χ1) is 16.3. The summed E-state index contributed by atoms with van der Waals surface area (Å²) in [5.41, 5.74) is 0.381. The molecule has 0 saturated carbocycles. The number of likely N-dealkylation sites (tertiary alicyclic amines) is 1. The molecule has 3 aromatic rings. The lowest BCUT2D eigenvalue weighted by Crippen LogP contribution is -2.29. The number of Topliss-reactive ketones (excluding diaryl/α,β-unsaturated/α-hetero) is 1. The molecule has 1 amide bonds. The highest BCUT2D eigenvalue weighted by atomic mass is 16.6. The Labute approximate surface area is 192 Å². The summed E-state index contributed by atoms with van der Waals surface area (Å²) < 4.78 is 0. The lowest BCUT2D eigenvalue weighted by Gasteiger charge is -2.25. The molecule has 4 rings (SSSR count). The topological polar surface area (TPSA) is 144 Å². The van der Waals surface area contributed by atoms with Gasteiger partial charge in [0.05, 0.1) is 21.5 Å². The molecular weight excluding hydrogens is 442 g/mol. The number of carbonyl (C=O) groups is 2. The third-order valence-corrected chi connectivity index (χ3v) is 5.48. The molecule has 0 spiro atoms. The second kappa shape index (κ2) is 8.94. The number of non-ortho nitro benzene ring substituents is 2. The maximum atomic E-state index is 13.0. The van der Waals surface area contributed by atoms with E-state index in [0.717, 1.165) is 17.7 Å². The lowest BCUT2D eigenvalue weighted by molar-refractivity contribution is -0.385. The summed E-state index contributed by atoms with van der Waals surface area (Å²) in [4.78, 5) is 48.4. The molecule has 1 unspecified atom stereocenters. The Kier molecular flexibility index (Phi) is 5.88. The number of amides is 1. The van der Waals surface area contributed by atoms with E-state index in [2.05, 4.69) is 0 Å². The zero-order chi connectivity index (χ0) is 24.4. The van der Waals surface area contributed by atoms with Gasteiger partial charge in [-0.15, -0.1) is 0 Å². The molecular formula is C24H17N3O7. The van der Waals surface area contributed by atoms with Gasteiger partial charge in [0.1, 0.15) is 5.76 Å². The van der Waals surface area contributed by atoms with E-state index >= 15 is 0 Å². The molecule has 10 heteroatoms. The van der Waals surface area contributed by atoms with Crippen LogP contribution in [0.2, 0.25) is 0 Å². The number of carbonyl (C=O) groups excluding carboxylic acids is 2. The third kappa shape index (κ3) is 4.11. The highest BCUT2D eigenvalue weighted by Gasteiger charge is 2.46. The molecule has 1 aliphatic rings. The van der Waals surface area contributed by atoms with Gasteiger partial charge in [0.15, 0.2) is 0 Å². The third-order valence-electron chi connectivity index (χ3n) is 5.48. The SMILES string of the molecule is O=C1C(=O)N(Cc2ccccc2)C(c2cccc([N+](=O)[O-])c2)C1=C(O)c1ccc([N+](=O)[O-])cc1. The van der Waals surface area contributed by atoms with Gasteiger partial charge in [0, 0.05) is 36.4 Å². The van der Waals surface area contributed by atoms with Gasteiger partial charge in [-0.05, 0) is 23.3 Å². The second-order valence-corrected chi connectivity index (χ2v) is 7.57. The number of hydrogen-bond acceptors (Lipinski definition) is 7. The Morgan fingerprint density at radius 2 is 1.50 bits per heavy atom. The number of nitro groups is 2. The van der Waals surface area contributed by atoms with Crippen molar-refractivity contribution in [1.29, 1.82) is 0 Å². The zero-order valence-corrected chi connectivity index (χ0v) is 17.5. The van der Waals surface area contributed by atoms with Crippen LogP contribution in [-0.2, 0) is 16.1 Å². The molecule has 1 heterocycles. The minimum atomic E-state index is -1.10. The van der Waals surface area contributed by atoms with Crippen LogP contribution >= 0.6 is 0 Å². The number of aliphatic hydroxyl groups excluding tert-OH is 1. The van der Waals surface area contributed by atoms with E-state index in [1.54, 1.807) is 30.3 Å². The molecule has 1 atom stereocenters. The minimum Gasteiger partial charge on any atom is -0.507 e. The average molecular weight is 459 g/mol. The van der Waals surface area contributed by atoms with Crippen molar-refractivity contribution in [1.82, 2.24) is 4.90 Å². The molecule has 1 saturated heterocycles. The number of nitrogens with zero attached hydrogens (tertiary/aromatic N) is 3. The van der Waals surface area contributed by atoms with Crippen LogP contribution in [0.25, 0.3) is 5.76 Å². The summed E-state index contributed by atoms with van der Waals surface area (Å²) in [6.07, 6.45) is 0. The second-order valence-electron chi connectivity index (χ2n) is 7.57. The van der Waals surface area contributed by atoms with E-state index in [4.69, 9.17) is 0 Å². The summed E-state index contributed by atoms with van der Waals surface area (Å²) >= 11 is 0. The molecule has 0 aliphatic carbocycles. The lowest BCUT2D eigenvalue weighted by atomic mass is 9.94. The number of nitro benzene ring substituents is 2. The van der Waals surface area contributed by atoms with Crippen molar-refractivity contribution >= 4 is 28.8 Å². The maximum absolute atomic E-state index is 13.0. The normalized spacial score (nSPS) is 17.1. The van der Waals surface area contributed by atoms with Crippen LogP contribution in [0.4, 0.5) is 11.4 Å². The predicted molar refractivity (Wildman–Crippen MR) is 120 cm³/mol. The molecule has 3 aromatic carbocycles. The van der Waals surface area contributed by atoms with Gasteiger partial charge in [0.25, 0.3) is 23.1 Å². The average Bonchev–Trinajstić information content (AvgIpc) is 3.09. The predicted octanol–water partition coefficient (Wildman–Crippen LogP) is 4.12. The molecule has 0 radical (unpaired) electrons. The van der Waals surface area contributed by atoms with Crippen molar-refractivity contribution in [3.05, 3.63) is 121 Å². The van der Waals surface area contributed by atoms with Crippen LogP contribution in [0, 0.1) is 20.2 Å². The van der Waals surface area contributed by atoms with Gasteiger partial charge >= 0.3 is 0 Å². The van der Waals surface area contributed by atoms with Crippen molar-refractivity contribution in [3.63, 3.8) is 0 Å². The van der Waals surface area contributed by atoms with Crippen LogP contribution < -0.4 is 0 Å². The van der Waals surface area contributed by atoms with Gasteiger partial charge in [-0.1, -0.05) is 42.5 Å². The Hall–Kier alpha value is -4.86. The molecule has 1 N–H and O–H groups in total. The molecule has 0 aromatic heterocycles. The Morgan fingerprint density at radius 3 is 2.12 bits per heavy atom. The largest absolute Gasteiger partial charge is 0.507 e. The Balaban J connectivity index is 1.87. The quantitative estimate of drug-likeness (QED) is 0.192. The van der Waals surface area contributed by atoms with Gasteiger partial charge in [-0.3, -0.25) is 29.8 Å². The van der Waals surface area contributed by atoms with Gasteiger partial charge in [-0.25, -0.2) is 0 Å². The van der Waals surface area contributed by atoms with Crippen LogP contribution in [0.5, 0.6) is 0 Å². The first-order valence-corrected chi connectivity index (χ1v) is 10.1. The number of benzene rings is 3. The molecule has 34 heavy (non-hydrogen) atoms. The zero-order valence-electron chi connectivity index (χ0n) is 17.5. The molecule has 1 fully saturated rings. The fourth-order valence-corrected chi connectivity index (χ4v) is 3.87. The minimum absolute atomic E-state index is 0.0236. The highest BCUT2D eigenvalue weighted by Crippen LogP contribution is 2.41. The van der Waals surface area contributed by atoms with Crippen molar-refractivity contribution in [2.24, 2.45) is 0 Å². The van der Waals surface area contributed by atoms with Crippen molar-refractivity contribution in [2.75, 3.05) is 0 Å². The number of aliphatic hydroxyl groups is 1. The maximum Gasteiger partial charge on any atom is 0.295 e. The molecule has 10 nitrogen and oxygen atoms in total. The fraction of sp³-hybridized carbons (Fsp3) is 0.0833. The van der Waals surface area contributed by atoms with E-state index in [-0.39, 0.29) is 34.6 Å². The van der Waals surface area contributed by atoms with Gasteiger partial charge in [0.2, 0.25) is 0 Å². The summed E-state index contributed by atoms with van der Waals surface area (Å²) in [6, 6.07) is 18.1. The van der Waals surface area contributed by atoms with Crippen molar-refractivity contribution in [2.45, 2.75) is 12.6 Å². The van der Waals surface area contributed by atoms with Crippen LogP contribution in [0.1, 0.15) is 22.7 Å². The summed E-state index contributed by atoms with van der Waals surface area (Å²) in [5.74, 6) is -2.35. The summed E-state index contributed by atoms with van der Waals surface area (Å²) in [7, 11) is 0. The van der Waals surface area contributed by atoms with E-state index in [1.807, 2.05) is 0 Å². The fourth-order valence-electron chi connectivity index (χ4n) is 3.87. The highest BCUT2D eigenvalue weighted by molar-refractivity contribution is 6.46. The van der Waals surface area contributed by atoms with Gasteiger partial charge in [-0.2, -0.15) is 0 Å². The van der Waals surface area contributed by atoms with Crippen molar-refractivity contribution in [3.8, 4) is 0 Å². The summed E-state index contributed by atoms with van der Waals surface area (Å²) in [6.45, 7) is 0.0236. The molecule has 1 aliphatic heterocycles. The number of hydrogen-bond donors (Lipinski definition) is 1. The first kappa shape index (κ1) is 22.3. The van der Waals surface area contributed by atoms with E-state index in [0.29, 0.717) is 0 Å². The van der Waals surface area contributed by atoms with E-state index in [1.165, 1.54) is 41.3 Å². The van der Waals surface area contributed by atoms with E-state index < -0.39 is 33.3 Å². The molecule has 0 bridgehead atoms. The van der Waals surface area contributed by atoms with Gasteiger partial charge < -0.3 is 10.0 Å². The molecule has 170 valence electrons. The Bertz CT molecular complexity index is 1330.